The fourth-order valence-corrected chi connectivity index (χ4v) is 5.92. The molecule has 0 rings (SSSR count). The summed E-state index contributed by atoms with van der Waals surface area (Å²) in [5, 5.41) is 16.2. The van der Waals surface area contributed by atoms with E-state index in [-0.39, 0.29) is 29.5 Å². The first-order valence-corrected chi connectivity index (χ1v) is 24.0. The Labute approximate surface area is 356 Å². The molecule has 0 spiro atoms. The molecule has 16 nitrogen and oxygen atoms in total. The molecule has 0 aromatic heterocycles. The molecule has 0 saturated heterocycles. The number of guanidine groups is 1. The fraction of sp³-hybridized carbons (Fsp3) is 0.857. The van der Waals surface area contributed by atoms with Gasteiger partial charge in [0.2, 0.25) is 18.1 Å². The smallest absolute Gasteiger partial charge is 0.417 e. The molecule has 0 bridgehead atoms. The van der Waals surface area contributed by atoms with Crippen LogP contribution in [0.15, 0.2) is 0 Å². The van der Waals surface area contributed by atoms with E-state index in [1.807, 2.05) is 54.6 Å². The van der Waals surface area contributed by atoms with Gasteiger partial charge in [-0.3, -0.25) is 20.3 Å². The maximum absolute atomic E-state index is 13.5. The highest BCUT2D eigenvalue weighted by atomic mass is 28.4. The molecule has 0 radical (unpaired) electrons. The third-order valence-electron chi connectivity index (χ3n) is 8.70. The Kier molecular flexibility index (Phi) is 22.7. The lowest BCUT2D eigenvalue weighted by molar-refractivity contribution is -0.136. The first-order valence-electron chi connectivity index (χ1n) is 21.1. The molecule has 4 N–H and O–H groups in total. The van der Waals surface area contributed by atoms with E-state index in [0.29, 0.717) is 71.2 Å². The molecule has 1 unspecified atom stereocenters. The van der Waals surface area contributed by atoms with Crippen LogP contribution in [0.1, 0.15) is 155 Å². The highest BCUT2D eigenvalue weighted by molar-refractivity contribution is 6.74. The molecule has 59 heavy (non-hydrogen) atoms. The molecule has 0 aromatic rings. The zero-order valence-corrected chi connectivity index (χ0v) is 40.7. The van der Waals surface area contributed by atoms with Crippen LogP contribution in [0.3, 0.4) is 0 Å². The molecular formula is C42H82N6O10Si. The normalized spacial score (nSPS) is 13.2. The van der Waals surface area contributed by atoms with E-state index >= 15 is 0 Å². The topological polar surface area (TPSA) is 198 Å². The number of hydrogen-bond acceptors (Lipinski definition) is 11. The van der Waals surface area contributed by atoms with E-state index in [1.54, 1.807) is 46.4 Å². The van der Waals surface area contributed by atoms with Crippen LogP contribution in [-0.4, -0.2) is 116 Å². The van der Waals surface area contributed by atoms with Crippen LogP contribution in [0.5, 0.6) is 0 Å². The van der Waals surface area contributed by atoms with Crippen LogP contribution in [0, 0.1) is 5.41 Å². The quantitative estimate of drug-likeness (QED) is 0.0230. The minimum Gasteiger partial charge on any atom is -0.444 e. The maximum Gasteiger partial charge on any atom is 0.417 e. The number of amides is 5. The third-order valence-corrected chi connectivity index (χ3v) is 13.1. The van der Waals surface area contributed by atoms with Gasteiger partial charge in [-0.1, -0.05) is 33.6 Å². The molecule has 1 atom stereocenters. The first-order chi connectivity index (χ1) is 26.6. The Hall–Kier alpha value is -3.44. The van der Waals surface area contributed by atoms with Gasteiger partial charge in [0.05, 0.1) is 5.60 Å². The van der Waals surface area contributed by atoms with Crippen molar-refractivity contribution in [2.24, 2.45) is 0 Å². The minimum atomic E-state index is -2.48. The maximum atomic E-state index is 13.5. The van der Waals surface area contributed by atoms with Gasteiger partial charge in [-0.05, 0) is 133 Å². The summed E-state index contributed by atoms with van der Waals surface area (Å²) in [4.78, 5) is 67.5. The molecule has 0 fully saturated rings. The van der Waals surface area contributed by atoms with Gasteiger partial charge < -0.3 is 38.9 Å². The monoisotopic (exact) mass is 859 g/mol. The summed E-state index contributed by atoms with van der Waals surface area (Å²) in [6, 6.07) is 0. The van der Waals surface area contributed by atoms with E-state index in [4.69, 9.17) is 28.8 Å². The van der Waals surface area contributed by atoms with E-state index in [1.165, 1.54) is 0 Å². The van der Waals surface area contributed by atoms with Crippen molar-refractivity contribution in [2.45, 2.75) is 202 Å². The molecule has 0 aliphatic rings. The van der Waals surface area contributed by atoms with Crippen molar-refractivity contribution < 1.29 is 47.3 Å². The van der Waals surface area contributed by atoms with Crippen molar-refractivity contribution >= 4 is 44.4 Å². The van der Waals surface area contributed by atoms with E-state index in [9.17, 15) is 24.0 Å². The lowest BCUT2D eigenvalue weighted by Gasteiger charge is -2.38. The zero-order chi connectivity index (χ0) is 46.0. The molecule has 5 amide bonds. The Morgan fingerprint density at radius 1 is 0.627 bits per heavy atom. The summed E-state index contributed by atoms with van der Waals surface area (Å²) in [6.07, 6.45) is 1.06. The van der Waals surface area contributed by atoms with Crippen LogP contribution < -0.4 is 16.0 Å². The fourth-order valence-electron chi connectivity index (χ4n) is 4.81. The SMILES string of the molecule is CC(C)(C)OCCCN(CCCCNC(=O)C(NC(=O)CCCCCCN(C(=N)NC(=O)OC(C)(C)C)C(=O)OC(C)(C)C)O[Si](C)(C)C(C)(C)C)C(=O)OC(C)(C)C. The molecule has 0 aromatic carbocycles. The van der Waals surface area contributed by atoms with Crippen LogP contribution in [-0.2, 0) is 33.0 Å². The highest BCUT2D eigenvalue weighted by Gasteiger charge is 2.41. The summed E-state index contributed by atoms with van der Waals surface area (Å²) in [5.74, 6) is -1.22. The lowest BCUT2D eigenvalue weighted by Crippen LogP contribution is -2.55. The molecule has 17 heteroatoms. The van der Waals surface area contributed by atoms with Gasteiger partial charge >= 0.3 is 18.3 Å². The van der Waals surface area contributed by atoms with Gasteiger partial charge in [0.1, 0.15) is 16.8 Å². The van der Waals surface area contributed by atoms with Gasteiger partial charge in [0.15, 0.2) is 8.32 Å². The average molecular weight is 859 g/mol. The molecule has 0 saturated carbocycles. The Morgan fingerprint density at radius 3 is 1.66 bits per heavy atom. The number of alkyl carbamates (subject to hydrolysis) is 1. The Morgan fingerprint density at radius 2 is 1.14 bits per heavy atom. The highest BCUT2D eigenvalue weighted by Crippen LogP contribution is 2.37. The van der Waals surface area contributed by atoms with Crippen LogP contribution >= 0.6 is 0 Å². The molecule has 344 valence electrons. The summed E-state index contributed by atoms with van der Waals surface area (Å²) in [6.45, 7) is 33.7. The second-order valence-electron chi connectivity index (χ2n) is 20.4. The lowest BCUT2D eigenvalue weighted by atomic mass is 10.1. The number of nitrogens with zero attached hydrogens (tertiary/aromatic N) is 2. The Balaban J connectivity index is 5.33. The van der Waals surface area contributed by atoms with Crippen molar-refractivity contribution in [2.75, 3.05) is 32.8 Å². The van der Waals surface area contributed by atoms with Crippen molar-refractivity contribution in [1.29, 1.82) is 5.41 Å². The van der Waals surface area contributed by atoms with Gasteiger partial charge in [-0.2, -0.15) is 0 Å². The van der Waals surface area contributed by atoms with E-state index < -0.39 is 61.5 Å². The summed E-state index contributed by atoms with van der Waals surface area (Å²) in [7, 11) is -2.48. The molecule has 0 aliphatic heterocycles. The minimum absolute atomic E-state index is 0.101. The number of rotatable bonds is 20. The van der Waals surface area contributed by atoms with E-state index in [0.717, 1.165) is 4.90 Å². The standard InChI is InChI=1S/C42H82N6O10Si/c1-38(2,3)54-30-24-28-47(36(52)56-40(7,8)9)27-23-21-26-44-32(50)33(58-59(16,17)42(13,14)15)45-31(49)25-20-18-19-22-29-48(37(53)57-41(10,11)12)34(43)46-35(51)55-39(4,5)6/h33H,18-30H2,1-17H3,(H,44,50)(H,45,49)(H2,43,46,51). The molecule has 0 heterocycles. The number of hydrogen-bond donors (Lipinski definition) is 4. The van der Waals surface area contributed by atoms with E-state index in [2.05, 4.69) is 36.7 Å². The number of ether oxygens (including phenoxy) is 4. The summed E-state index contributed by atoms with van der Waals surface area (Å²) >= 11 is 0. The predicted octanol–water partition coefficient (Wildman–Crippen LogP) is 8.44. The summed E-state index contributed by atoms with van der Waals surface area (Å²) in [5.41, 5.74) is -2.50. The van der Waals surface area contributed by atoms with Crippen LogP contribution in [0.4, 0.5) is 14.4 Å². The number of nitrogens with one attached hydrogen (secondary N) is 4. The van der Waals surface area contributed by atoms with Crippen LogP contribution in [0.2, 0.25) is 18.1 Å². The summed E-state index contributed by atoms with van der Waals surface area (Å²) < 4.78 is 28.5. The predicted molar refractivity (Wildman–Crippen MR) is 234 cm³/mol. The third kappa shape index (κ3) is 27.1. The Bertz CT molecular complexity index is 1360. The average Bonchev–Trinajstić information content (AvgIpc) is 3.00. The largest absolute Gasteiger partial charge is 0.444 e. The molecular weight excluding hydrogens is 777 g/mol. The number of carbonyl (C=O) groups excluding carboxylic acids is 5. The van der Waals surface area contributed by atoms with Gasteiger partial charge in [-0.15, -0.1) is 0 Å². The van der Waals surface area contributed by atoms with Crippen molar-refractivity contribution in [3.05, 3.63) is 0 Å². The zero-order valence-electron chi connectivity index (χ0n) is 39.7. The van der Waals surface area contributed by atoms with Crippen molar-refractivity contribution in [1.82, 2.24) is 25.8 Å². The van der Waals surface area contributed by atoms with Crippen molar-refractivity contribution in [3.63, 3.8) is 0 Å². The van der Waals surface area contributed by atoms with Gasteiger partial charge in [-0.25, -0.2) is 19.3 Å². The number of unbranched alkanes of at least 4 members (excludes halogenated alkanes) is 4. The molecule has 0 aliphatic carbocycles. The van der Waals surface area contributed by atoms with Gasteiger partial charge in [0.25, 0.3) is 5.91 Å². The second-order valence-corrected chi connectivity index (χ2v) is 25.1. The van der Waals surface area contributed by atoms with Gasteiger partial charge in [0, 0.05) is 39.2 Å². The second kappa shape index (κ2) is 24.1. The van der Waals surface area contributed by atoms with Crippen molar-refractivity contribution in [3.8, 4) is 0 Å². The number of carbonyl (C=O) groups is 5. The van der Waals surface area contributed by atoms with Crippen LogP contribution in [0.25, 0.3) is 0 Å². The first kappa shape index (κ1) is 55.6.